The first-order valence-corrected chi connectivity index (χ1v) is 10.1. The highest BCUT2D eigenvalue weighted by Crippen LogP contribution is 2.23. The predicted molar refractivity (Wildman–Crippen MR) is 94.4 cm³/mol. The van der Waals surface area contributed by atoms with E-state index in [1.807, 2.05) is 23.1 Å². The van der Waals surface area contributed by atoms with Gasteiger partial charge in [0.25, 0.3) is 10.0 Å². The molecule has 130 valence electrons. The largest absolute Gasteiger partial charge is 0.352 e. The summed E-state index contributed by atoms with van der Waals surface area (Å²) in [6, 6.07) is 8.96. The van der Waals surface area contributed by atoms with Crippen molar-refractivity contribution in [1.29, 1.82) is 0 Å². The molecule has 0 spiro atoms. The van der Waals surface area contributed by atoms with Crippen LogP contribution in [0.5, 0.6) is 0 Å². The smallest absolute Gasteiger partial charge is 0.252 e. The maximum absolute atomic E-state index is 12.5. The van der Waals surface area contributed by atoms with Crippen LogP contribution in [0, 0.1) is 0 Å². The Bertz CT molecular complexity index is 915. The molecule has 0 unspecified atom stereocenters. The molecule has 8 nitrogen and oxygen atoms in total. The molecule has 4 rings (SSSR count). The zero-order valence-corrected chi connectivity index (χ0v) is 14.9. The topological polar surface area (TPSA) is 84.2 Å². The summed E-state index contributed by atoms with van der Waals surface area (Å²) in [4.78, 5) is 2.04. The summed E-state index contributed by atoms with van der Waals surface area (Å²) in [6.07, 6.45) is 3.49. The van der Waals surface area contributed by atoms with Crippen molar-refractivity contribution in [2.45, 2.75) is 4.21 Å². The molecule has 0 aromatic carbocycles. The number of nitrogens with zero attached hydrogens (tertiary/aromatic N) is 6. The zero-order chi connectivity index (χ0) is 17.3. The van der Waals surface area contributed by atoms with Crippen LogP contribution < -0.4 is 4.90 Å². The van der Waals surface area contributed by atoms with Crippen LogP contribution >= 0.6 is 11.3 Å². The number of sulfonamides is 1. The van der Waals surface area contributed by atoms with Crippen molar-refractivity contribution in [2.24, 2.45) is 0 Å². The number of anilines is 1. The van der Waals surface area contributed by atoms with Gasteiger partial charge in [-0.1, -0.05) is 6.07 Å². The van der Waals surface area contributed by atoms with Crippen LogP contribution in [0.25, 0.3) is 5.82 Å². The van der Waals surface area contributed by atoms with Crippen LogP contribution in [0.2, 0.25) is 0 Å². The predicted octanol–water partition coefficient (Wildman–Crippen LogP) is 1.23. The van der Waals surface area contributed by atoms with E-state index in [1.165, 1.54) is 15.6 Å². The van der Waals surface area contributed by atoms with Crippen LogP contribution in [-0.2, 0) is 10.0 Å². The average Bonchev–Trinajstić information content (AvgIpc) is 3.36. The van der Waals surface area contributed by atoms with E-state index in [0.717, 1.165) is 5.82 Å². The molecule has 1 saturated heterocycles. The zero-order valence-electron chi connectivity index (χ0n) is 13.3. The van der Waals surface area contributed by atoms with Crippen molar-refractivity contribution >= 4 is 27.2 Å². The Hall–Kier alpha value is -2.30. The van der Waals surface area contributed by atoms with Gasteiger partial charge in [-0.05, 0) is 29.6 Å². The molecular weight excluding hydrogens is 360 g/mol. The molecule has 0 N–H and O–H groups in total. The molecule has 0 saturated carbocycles. The van der Waals surface area contributed by atoms with Crippen molar-refractivity contribution in [3.63, 3.8) is 0 Å². The lowest BCUT2D eigenvalue weighted by Crippen LogP contribution is -2.48. The van der Waals surface area contributed by atoms with Gasteiger partial charge in [-0.25, -0.2) is 13.1 Å². The van der Waals surface area contributed by atoms with E-state index in [0.29, 0.717) is 36.2 Å². The normalized spacial score (nSPS) is 16.2. The van der Waals surface area contributed by atoms with Crippen molar-refractivity contribution < 1.29 is 8.42 Å². The fourth-order valence-corrected chi connectivity index (χ4v) is 5.28. The van der Waals surface area contributed by atoms with Gasteiger partial charge < -0.3 is 4.90 Å². The Morgan fingerprint density at radius 2 is 1.72 bits per heavy atom. The molecule has 0 radical (unpaired) electrons. The molecule has 10 heteroatoms. The fourth-order valence-electron chi connectivity index (χ4n) is 2.71. The Balaban J connectivity index is 1.44. The summed E-state index contributed by atoms with van der Waals surface area (Å²) < 4.78 is 28.7. The van der Waals surface area contributed by atoms with Crippen LogP contribution in [-0.4, -0.2) is 58.9 Å². The van der Waals surface area contributed by atoms with E-state index in [9.17, 15) is 8.42 Å². The van der Waals surface area contributed by atoms with Gasteiger partial charge in [-0.2, -0.15) is 9.40 Å². The molecule has 1 fully saturated rings. The second-order valence-electron chi connectivity index (χ2n) is 5.52. The Morgan fingerprint density at radius 3 is 2.32 bits per heavy atom. The van der Waals surface area contributed by atoms with Gasteiger partial charge in [0.1, 0.15) is 4.21 Å². The summed E-state index contributed by atoms with van der Waals surface area (Å²) in [6.45, 7) is 2.03. The quantitative estimate of drug-likeness (QED) is 0.681. The minimum atomic E-state index is -3.38. The van der Waals surface area contributed by atoms with Gasteiger partial charge in [0, 0.05) is 38.6 Å². The number of hydrogen-bond donors (Lipinski definition) is 0. The SMILES string of the molecule is O=S(=O)(c1cccs1)N1CCN(c2ccc(-n3cccn3)nn2)CC1. The first kappa shape index (κ1) is 16.2. The average molecular weight is 376 g/mol. The fraction of sp³-hybridized carbons (Fsp3) is 0.267. The standard InChI is InChI=1S/C15H16N6O2S2/c22-25(23,15-3-1-12-24-15)20-10-8-19(9-11-20)13-4-5-14(18-17-13)21-7-2-6-16-21/h1-7,12H,8-11H2. The molecule has 4 heterocycles. The number of aromatic nitrogens is 4. The second-order valence-corrected chi connectivity index (χ2v) is 8.64. The molecule has 0 aliphatic carbocycles. The van der Waals surface area contributed by atoms with Crippen LogP contribution in [0.15, 0.2) is 52.3 Å². The molecule has 0 atom stereocenters. The summed E-state index contributed by atoms with van der Waals surface area (Å²) >= 11 is 1.25. The first-order valence-electron chi connectivity index (χ1n) is 7.77. The maximum atomic E-state index is 12.5. The summed E-state index contributed by atoms with van der Waals surface area (Å²) in [5, 5.41) is 14.3. The minimum absolute atomic E-state index is 0.393. The third kappa shape index (κ3) is 3.15. The van der Waals surface area contributed by atoms with E-state index in [4.69, 9.17) is 0 Å². The molecule has 3 aromatic heterocycles. The number of piperazine rings is 1. The van der Waals surface area contributed by atoms with E-state index in [2.05, 4.69) is 15.3 Å². The van der Waals surface area contributed by atoms with Crippen molar-refractivity contribution in [1.82, 2.24) is 24.3 Å². The van der Waals surface area contributed by atoms with Crippen molar-refractivity contribution in [2.75, 3.05) is 31.1 Å². The van der Waals surface area contributed by atoms with Gasteiger partial charge in [0.2, 0.25) is 0 Å². The molecule has 1 aliphatic rings. The van der Waals surface area contributed by atoms with Crippen molar-refractivity contribution in [3.8, 4) is 5.82 Å². The number of thiophene rings is 1. The third-order valence-electron chi connectivity index (χ3n) is 4.03. The highest BCUT2D eigenvalue weighted by Gasteiger charge is 2.29. The number of rotatable bonds is 4. The first-order chi connectivity index (χ1) is 12.1. The molecular formula is C15H16N6O2S2. The second kappa shape index (κ2) is 6.54. The summed E-state index contributed by atoms with van der Waals surface area (Å²) in [5.41, 5.74) is 0. The van der Waals surface area contributed by atoms with Gasteiger partial charge >= 0.3 is 0 Å². The van der Waals surface area contributed by atoms with Gasteiger partial charge in [-0.3, -0.25) is 0 Å². The molecule has 0 bridgehead atoms. The van der Waals surface area contributed by atoms with E-state index < -0.39 is 10.0 Å². The molecule has 3 aromatic rings. The highest BCUT2D eigenvalue weighted by molar-refractivity contribution is 7.91. The Kier molecular flexibility index (Phi) is 4.24. The highest BCUT2D eigenvalue weighted by atomic mass is 32.2. The maximum Gasteiger partial charge on any atom is 0.252 e. The van der Waals surface area contributed by atoms with Crippen molar-refractivity contribution in [3.05, 3.63) is 48.1 Å². The Labute approximate surface area is 149 Å². The summed E-state index contributed by atoms with van der Waals surface area (Å²) in [7, 11) is -3.38. The van der Waals surface area contributed by atoms with Crippen LogP contribution in [0.4, 0.5) is 5.82 Å². The molecule has 25 heavy (non-hydrogen) atoms. The lowest BCUT2D eigenvalue weighted by molar-refractivity contribution is 0.384. The monoisotopic (exact) mass is 376 g/mol. The van der Waals surface area contributed by atoms with Gasteiger partial charge in [0.05, 0.1) is 0 Å². The Morgan fingerprint density at radius 1 is 0.960 bits per heavy atom. The third-order valence-corrected chi connectivity index (χ3v) is 7.30. The van der Waals surface area contributed by atoms with E-state index in [1.54, 1.807) is 34.6 Å². The lowest BCUT2D eigenvalue weighted by atomic mass is 10.3. The van der Waals surface area contributed by atoms with E-state index >= 15 is 0 Å². The van der Waals surface area contributed by atoms with Crippen LogP contribution in [0.1, 0.15) is 0 Å². The van der Waals surface area contributed by atoms with Crippen LogP contribution in [0.3, 0.4) is 0 Å². The van der Waals surface area contributed by atoms with Gasteiger partial charge in [0.15, 0.2) is 11.6 Å². The van der Waals surface area contributed by atoms with E-state index in [-0.39, 0.29) is 0 Å². The molecule has 1 aliphatic heterocycles. The minimum Gasteiger partial charge on any atom is -0.352 e. The summed E-state index contributed by atoms with van der Waals surface area (Å²) in [5.74, 6) is 1.39. The lowest BCUT2D eigenvalue weighted by Gasteiger charge is -2.34. The molecule has 0 amide bonds. The number of hydrogen-bond acceptors (Lipinski definition) is 7. The van der Waals surface area contributed by atoms with Gasteiger partial charge in [-0.15, -0.1) is 21.5 Å².